The standard InChI is InChI=1S/C24H29NO3/c26-21-9-11-24(12-10-21)13-15-25(16-14-24)23(27)20-7-4-8-22(17-20)28-18-19-5-2-1-3-6-19/h1-8,17,21,26H,9-16,18H2. The van der Waals surface area contributed by atoms with Gasteiger partial charge in [0.15, 0.2) is 0 Å². The van der Waals surface area contributed by atoms with E-state index >= 15 is 0 Å². The van der Waals surface area contributed by atoms with Crippen LogP contribution in [0.15, 0.2) is 54.6 Å². The molecule has 1 saturated heterocycles. The van der Waals surface area contributed by atoms with Gasteiger partial charge in [-0.05, 0) is 67.7 Å². The number of piperidine rings is 1. The molecule has 2 aliphatic rings. The van der Waals surface area contributed by atoms with Gasteiger partial charge in [-0.3, -0.25) is 4.79 Å². The number of aliphatic hydroxyl groups is 1. The highest BCUT2D eigenvalue weighted by atomic mass is 16.5. The molecule has 2 aromatic carbocycles. The van der Waals surface area contributed by atoms with Crippen LogP contribution in [0.25, 0.3) is 0 Å². The van der Waals surface area contributed by atoms with E-state index in [2.05, 4.69) is 0 Å². The van der Waals surface area contributed by atoms with E-state index in [9.17, 15) is 9.90 Å². The molecule has 28 heavy (non-hydrogen) atoms. The van der Waals surface area contributed by atoms with Crippen molar-refractivity contribution in [3.05, 3.63) is 65.7 Å². The zero-order chi connectivity index (χ0) is 19.4. The molecule has 1 N–H and O–H groups in total. The van der Waals surface area contributed by atoms with E-state index < -0.39 is 0 Å². The Balaban J connectivity index is 1.35. The number of hydrogen-bond acceptors (Lipinski definition) is 3. The van der Waals surface area contributed by atoms with Crippen LogP contribution in [0.1, 0.15) is 54.4 Å². The summed E-state index contributed by atoms with van der Waals surface area (Å²) in [7, 11) is 0. The summed E-state index contributed by atoms with van der Waals surface area (Å²) in [5.41, 5.74) is 2.15. The number of carbonyl (C=O) groups is 1. The van der Waals surface area contributed by atoms with Gasteiger partial charge in [-0.1, -0.05) is 36.4 Å². The van der Waals surface area contributed by atoms with Gasteiger partial charge in [0, 0.05) is 18.7 Å². The highest BCUT2D eigenvalue weighted by Crippen LogP contribution is 2.44. The Labute approximate surface area is 167 Å². The molecule has 1 amide bonds. The number of likely N-dealkylation sites (tertiary alicyclic amines) is 1. The van der Waals surface area contributed by atoms with Crippen molar-refractivity contribution >= 4 is 5.91 Å². The SMILES string of the molecule is O=C(c1cccc(OCc2ccccc2)c1)N1CCC2(CCC(O)CC2)CC1. The second-order valence-corrected chi connectivity index (χ2v) is 8.33. The first-order valence-electron chi connectivity index (χ1n) is 10.4. The summed E-state index contributed by atoms with van der Waals surface area (Å²) < 4.78 is 5.88. The van der Waals surface area contributed by atoms with Crippen molar-refractivity contribution < 1.29 is 14.6 Å². The van der Waals surface area contributed by atoms with E-state index in [1.54, 1.807) is 0 Å². The van der Waals surface area contributed by atoms with Gasteiger partial charge in [-0.2, -0.15) is 0 Å². The summed E-state index contributed by atoms with van der Waals surface area (Å²) in [5, 5.41) is 9.78. The summed E-state index contributed by atoms with van der Waals surface area (Å²) in [6.45, 7) is 2.12. The molecular weight excluding hydrogens is 350 g/mol. The third kappa shape index (κ3) is 4.39. The summed E-state index contributed by atoms with van der Waals surface area (Å²) in [4.78, 5) is 15.0. The minimum absolute atomic E-state index is 0.0934. The third-order valence-electron chi connectivity index (χ3n) is 6.46. The van der Waals surface area contributed by atoms with Crippen molar-refractivity contribution in [3.63, 3.8) is 0 Å². The van der Waals surface area contributed by atoms with Crippen LogP contribution < -0.4 is 4.74 Å². The van der Waals surface area contributed by atoms with Crippen LogP contribution in [0.5, 0.6) is 5.75 Å². The van der Waals surface area contributed by atoms with Gasteiger partial charge < -0.3 is 14.7 Å². The van der Waals surface area contributed by atoms with E-state index in [0.29, 0.717) is 17.6 Å². The molecule has 1 spiro atoms. The van der Waals surface area contributed by atoms with Crippen LogP contribution in [-0.2, 0) is 6.61 Å². The van der Waals surface area contributed by atoms with E-state index in [1.165, 1.54) is 0 Å². The Morgan fingerprint density at radius 1 is 1.00 bits per heavy atom. The van der Waals surface area contributed by atoms with Gasteiger partial charge in [0.1, 0.15) is 12.4 Å². The first-order valence-corrected chi connectivity index (χ1v) is 10.4. The quantitative estimate of drug-likeness (QED) is 0.855. The summed E-state index contributed by atoms with van der Waals surface area (Å²) in [6.07, 6.45) is 6.00. The summed E-state index contributed by atoms with van der Waals surface area (Å²) in [6, 6.07) is 17.6. The molecule has 0 unspecified atom stereocenters. The molecular formula is C24H29NO3. The molecule has 1 saturated carbocycles. The van der Waals surface area contributed by atoms with Gasteiger partial charge >= 0.3 is 0 Å². The van der Waals surface area contributed by atoms with E-state index in [-0.39, 0.29) is 12.0 Å². The molecule has 4 rings (SSSR count). The molecule has 1 aliphatic heterocycles. The number of amides is 1. The summed E-state index contributed by atoms with van der Waals surface area (Å²) in [5.74, 6) is 0.820. The maximum Gasteiger partial charge on any atom is 0.253 e. The number of benzene rings is 2. The van der Waals surface area contributed by atoms with Crippen LogP contribution in [0.2, 0.25) is 0 Å². The van der Waals surface area contributed by atoms with Crippen LogP contribution in [0, 0.1) is 5.41 Å². The van der Waals surface area contributed by atoms with Crippen LogP contribution in [-0.4, -0.2) is 35.1 Å². The predicted molar refractivity (Wildman–Crippen MR) is 109 cm³/mol. The molecule has 1 aliphatic carbocycles. The lowest BCUT2D eigenvalue weighted by Crippen LogP contribution is -2.45. The van der Waals surface area contributed by atoms with Gasteiger partial charge in [0.25, 0.3) is 5.91 Å². The monoisotopic (exact) mass is 379 g/mol. The lowest BCUT2D eigenvalue weighted by molar-refractivity contribution is 0.0168. The summed E-state index contributed by atoms with van der Waals surface area (Å²) >= 11 is 0. The van der Waals surface area contributed by atoms with Crippen molar-refractivity contribution in [1.82, 2.24) is 4.90 Å². The van der Waals surface area contributed by atoms with Gasteiger partial charge in [0.2, 0.25) is 0 Å². The minimum Gasteiger partial charge on any atom is -0.489 e. The molecule has 0 atom stereocenters. The fourth-order valence-electron chi connectivity index (χ4n) is 4.54. The molecule has 0 aromatic heterocycles. The molecule has 1 heterocycles. The van der Waals surface area contributed by atoms with E-state index in [4.69, 9.17) is 4.74 Å². The molecule has 2 fully saturated rings. The highest BCUT2D eigenvalue weighted by Gasteiger charge is 2.38. The van der Waals surface area contributed by atoms with Crippen molar-refractivity contribution in [3.8, 4) is 5.75 Å². The maximum absolute atomic E-state index is 13.0. The molecule has 0 bridgehead atoms. The Morgan fingerprint density at radius 3 is 2.43 bits per heavy atom. The fraction of sp³-hybridized carbons (Fsp3) is 0.458. The Morgan fingerprint density at radius 2 is 1.71 bits per heavy atom. The average molecular weight is 380 g/mol. The molecule has 4 nitrogen and oxygen atoms in total. The zero-order valence-corrected chi connectivity index (χ0v) is 16.3. The number of carbonyl (C=O) groups excluding carboxylic acids is 1. The largest absolute Gasteiger partial charge is 0.489 e. The van der Waals surface area contributed by atoms with Crippen molar-refractivity contribution in [2.24, 2.45) is 5.41 Å². The molecule has 2 aromatic rings. The molecule has 4 heteroatoms. The van der Waals surface area contributed by atoms with E-state index in [1.807, 2.05) is 59.5 Å². The van der Waals surface area contributed by atoms with Crippen LogP contribution in [0.3, 0.4) is 0 Å². The van der Waals surface area contributed by atoms with Crippen LogP contribution >= 0.6 is 0 Å². The smallest absolute Gasteiger partial charge is 0.253 e. The topological polar surface area (TPSA) is 49.8 Å². The van der Waals surface area contributed by atoms with Crippen molar-refractivity contribution in [1.29, 1.82) is 0 Å². The van der Waals surface area contributed by atoms with Gasteiger partial charge in [0.05, 0.1) is 6.10 Å². The number of rotatable bonds is 4. The maximum atomic E-state index is 13.0. The number of aliphatic hydroxyl groups excluding tert-OH is 1. The lowest BCUT2D eigenvalue weighted by atomic mass is 9.67. The normalized spacial score (nSPS) is 19.5. The first kappa shape index (κ1) is 19.0. The lowest BCUT2D eigenvalue weighted by Gasteiger charge is -2.45. The van der Waals surface area contributed by atoms with E-state index in [0.717, 1.165) is 62.9 Å². The average Bonchev–Trinajstić information content (AvgIpc) is 2.76. The number of hydrogen-bond donors (Lipinski definition) is 1. The van der Waals surface area contributed by atoms with Crippen LogP contribution in [0.4, 0.5) is 0 Å². The zero-order valence-electron chi connectivity index (χ0n) is 16.3. The number of nitrogens with zero attached hydrogens (tertiary/aromatic N) is 1. The number of ether oxygens (including phenoxy) is 1. The Kier molecular flexibility index (Phi) is 5.67. The Hall–Kier alpha value is -2.33. The van der Waals surface area contributed by atoms with Gasteiger partial charge in [-0.15, -0.1) is 0 Å². The first-order chi connectivity index (χ1) is 13.6. The van der Waals surface area contributed by atoms with Crippen molar-refractivity contribution in [2.45, 2.75) is 51.2 Å². The van der Waals surface area contributed by atoms with Gasteiger partial charge in [-0.25, -0.2) is 0 Å². The second-order valence-electron chi connectivity index (χ2n) is 8.33. The molecule has 148 valence electrons. The highest BCUT2D eigenvalue weighted by molar-refractivity contribution is 5.94. The van der Waals surface area contributed by atoms with Crippen molar-refractivity contribution in [2.75, 3.05) is 13.1 Å². The second kappa shape index (κ2) is 8.36. The third-order valence-corrected chi connectivity index (χ3v) is 6.46. The fourth-order valence-corrected chi connectivity index (χ4v) is 4.54. The minimum atomic E-state index is -0.121. The Bertz CT molecular complexity index is 787. The predicted octanol–water partition coefficient (Wildman–Crippen LogP) is 4.42. The molecule has 0 radical (unpaired) electrons.